The number of allylic oxidation sites excluding steroid dienone is 4. The minimum Gasteiger partial charge on any atom is -0.490 e. The maximum absolute atomic E-state index is 13.8. The maximum atomic E-state index is 13.8. The van der Waals surface area contributed by atoms with Gasteiger partial charge < -0.3 is 14.4 Å². The third kappa shape index (κ3) is 5.28. The van der Waals surface area contributed by atoms with E-state index in [4.69, 9.17) is 9.47 Å². The first kappa shape index (κ1) is 27.2. The van der Waals surface area contributed by atoms with Crippen LogP contribution in [-0.4, -0.2) is 30.1 Å². The maximum Gasteiger partial charge on any atom is 0.162 e. The van der Waals surface area contributed by atoms with Gasteiger partial charge in [0.05, 0.1) is 6.61 Å². The molecule has 1 aliphatic heterocycles. The van der Waals surface area contributed by atoms with E-state index in [2.05, 4.69) is 57.7 Å². The Kier molecular flexibility index (Phi) is 6.98. The van der Waals surface area contributed by atoms with Gasteiger partial charge in [-0.2, -0.15) is 0 Å². The standard InChI is InChI=1S/C34H41NO4/c1-8-38-29-15-23(12-13-28(29)39-20-22-11-9-10-21(2)14-22)30-31-24(16-33(3,4)18-26(31)36)35(7)25-17-34(5,6)19-27(37)32(25)30/h9-15,30H,8,16-20H2,1-7H3. The van der Waals surface area contributed by atoms with Crippen LogP contribution in [0.5, 0.6) is 11.5 Å². The van der Waals surface area contributed by atoms with E-state index in [0.29, 0.717) is 37.6 Å². The number of ether oxygens (including phenoxy) is 2. The molecule has 0 aromatic heterocycles. The van der Waals surface area contributed by atoms with Gasteiger partial charge in [-0.05, 0) is 60.8 Å². The number of nitrogens with zero attached hydrogens (tertiary/aromatic N) is 1. The fourth-order valence-electron chi connectivity index (χ4n) is 6.55. The molecular weight excluding hydrogens is 486 g/mol. The summed E-state index contributed by atoms with van der Waals surface area (Å²) in [6, 6.07) is 14.2. The Morgan fingerprint density at radius 3 is 2.00 bits per heavy atom. The lowest BCUT2D eigenvalue weighted by molar-refractivity contribution is -0.119. The zero-order chi connectivity index (χ0) is 28.1. The second-order valence-electron chi connectivity index (χ2n) is 13.0. The summed E-state index contributed by atoms with van der Waals surface area (Å²) >= 11 is 0. The quantitative estimate of drug-likeness (QED) is 0.395. The molecule has 2 aromatic rings. The Hall–Kier alpha value is -3.34. The molecule has 0 saturated heterocycles. The van der Waals surface area contributed by atoms with Gasteiger partial charge in [-0.1, -0.05) is 63.6 Å². The van der Waals surface area contributed by atoms with Crippen LogP contribution in [0.4, 0.5) is 0 Å². The van der Waals surface area contributed by atoms with Crippen LogP contribution in [0.2, 0.25) is 0 Å². The van der Waals surface area contributed by atoms with Crippen molar-refractivity contribution in [2.45, 2.75) is 79.8 Å². The van der Waals surface area contributed by atoms with E-state index in [9.17, 15) is 9.59 Å². The van der Waals surface area contributed by atoms with Crippen LogP contribution in [0.3, 0.4) is 0 Å². The van der Waals surface area contributed by atoms with Crippen molar-refractivity contribution >= 4 is 11.6 Å². The van der Waals surface area contributed by atoms with Crippen LogP contribution < -0.4 is 9.47 Å². The molecule has 0 radical (unpaired) electrons. The van der Waals surface area contributed by atoms with Gasteiger partial charge in [0.15, 0.2) is 23.1 Å². The van der Waals surface area contributed by atoms with E-state index in [-0.39, 0.29) is 28.3 Å². The molecular formula is C34H41NO4. The van der Waals surface area contributed by atoms with E-state index in [1.54, 1.807) is 0 Å². The van der Waals surface area contributed by atoms with E-state index >= 15 is 0 Å². The zero-order valence-electron chi connectivity index (χ0n) is 24.4. The monoisotopic (exact) mass is 527 g/mol. The van der Waals surface area contributed by atoms with E-state index in [1.165, 1.54) is 5.56 Å². The summed E-state index contributed by atoms with van der Waals surface area (Å²) in [6.45, 7) is 13.6. The lowest BCUT2D eigenvalue weighted by atomic mass is 9.64. The molecule has 5 rings (SSSR count). The molecule has 5 nitrogen and oxygen atoms in total. The smallest absolute Gasteiger partial charge is 0.162 e. The van der Waals surface area contributed by atoms with Crippen molar-refractivity contribution in [3.8, 4) is 11.5 Å². The molecule has 0 saturated carbocycles. The largest absolute Gasteiger partial charge is 0.490 e. The lowest BCUT2D eigenvalue weighted by Gasteiger charge is -2.47. The van der Waals surface area contributed by atoms with Gasteiger partial charge in [-0.15, -0.1) is 0 Å². The molecule has 0 fully saturated rings. The topological polar surface area (TPSA) is 55.8 Å². The Labute approximate surface area is 232 Å². The number of hydrogen-bond donors (Lipinski definition) is 0. The number of ketones is 2. The zero-order valence-corrected chi connectivity index (χ0v) is 24.4. The van der Waals surface area contributed by atoms with E-state index in [0.717, 1.165) is 46.5 Å². The Morgan fingerprint density at radius 2 is 1.44 bits per heavy atom. The SMILES string of the molecule is CCOc1cc(C2C3=C(CC(C)(C)CC3=O)N(C)C3=C2C(=O)CC(C)(C)C3)ccc1OCc1cccc(C)c1. The van der Waals surface area contributed by atoms with Gasteiger partial charge in [0, 0.05) is 48.3 Å². The predicted octanol–water partition coefficient (Wildman–Crippen LogP) is 7.29. The summed E-state index contributed by atoms with van der Waals surface area (Å²) in [6.07, 6.45) is 2.58. The third-order valence-corrected chi connectivity index (χ3v) is 8.26. The van der Waals surface area contributed by atoms with Crippen molar-refractivity contribution in [3.63, 3.8) is 0 Å². The predicted molar refractivity (Wildman–Crippen MR) is 154 cm³/mol. The van der Waals surface area contributed by atoms with Crippen LogP contribution in [0, 0.1) is 17.8 Å². The molecule has 5 heteroatoms. The molecule has 0 unspecified atom stereocenters. The summed E-state index contributed by atoms with van der Waals surface area (Å²) in [5, 5.41) is 0. The normalized spacial score (nSPS) is 20.6. The molecule has 3 aliphatic rings. The van der Waals surface area contributed by atoms with E-state index < -0.39 is 0 Å². The molecule has 0 spiro atoms. The molecule has 1 heterocycles. The number of hydrogen-bond acceptors (Lipinski definition) is 5. The van der Waals surface area contributed by atoms with Crippen LogP contribution in [-0.2, 0) is 16.2 Å². The Bertz CT molecular complexity index is 1340. The second-order valence-corrected chi connectivity index (χ2v) is 13.0. The third-order valence-electron chi connectivity index (χ3n) is 8.26. The first-order valence-electron chi connectivity index (χ1n) is 14.1. The van der Waals surface area contributed by atoms with Crippen LogP contribution >= 0.6 is 0 Å². The van der Waals surface area contributed by atoms with Gasteiger partial charge >= 0.3 is 0 Å². The van der Waals surface area contributed by atoms with Crippen molar-refractivity contribution in [3.05, 3.63) is 81.7 Å². The summed E-state index contributed by atoms with van der Waals surface area (Å²) in [4.78, 5) is 29.7. The second kappa shape index (κ2) is 10.0. The number of Topliss-reactive ketones (excluding diaryl/α,β-unsaturated/α-hetero) is 2. The van der Waals surface area contributed by atoms with Gasteiger partial charge in [0.2, 0.25) is 0 Å². The first-order valence-corrected chi connectivity index (χ1v) is 14.1. The van der Waals surface area contributed by atoms with Crippen molar-refractivity contribution in [2.75, 3.05) is 13.7 Å². The van der Waals surface area contributed by atoms with Crippen LogP contribution in [0.25, 0.3) is 0 Å². The van der Waals surface area contributed by atoms with Gasteiger partial charge in [-0.3, -0.25) is 9.59 Å². The number of rotatable bonds is 6. The van der Waals surface area contributed by atoms with Crippen LogP contribution in [0.15, 0.2) is 65.0 Å². The van der Waals surface area contributed by atoms with Gasteiger partial charge in [0.25, 0.3) is 0 Å². The molecule has 2 aromatic carbocycles. The van der Waals surface area contributed by atoms with Crippen molar-refractivity contribution in [2.24, 2.45) is 10.8 Å². The Morgan fingerprint density at radius 1 is 0.821 bits per heavy atom. The van der Waals surface area contributed by atoms with Gasteiger partial charge in [-0.25, -0.2) is 0 Å². The van der Waals surface area contributed by atoms with Crippen molar-refractivity contribution in [1.82, 2.24) is 4.90 Å². The molecule has 39 heavy (non-hydrogen) atoms. The molecule has 2 aliphatic carbocycles. The average Bonchev–Trinajstić information content (AvgIpc) is 2.83. The summed E-state index contributed by atoms with van der Waals surface area (Å²) in [5.41, 5.74) is 6.62. The Balaban J connectivity index is 1.60. The molecule has 0 N–H and O–H groups in total. The number of carbonyl (C=O) groups excluding carboxylic acids is 2. The summed E-state index contributed by atoms with van der Waals surface area (Å²) in [5.74, 6) is 1.19. The molecule has 0 amide bonds. The highest BCUT2D eigenvalue weighted by Gasteiger charge is 2.48. The van der Waals surface area contributed by atoms with E-state index in [1.807, 2.05) is 38.2 Å². The van der Waals surface area contributed by atoms with Crippen LogP contribution in [0.1, 0.15) is 82.9 Å². The highest BCUT2D eigenvalue weighted by molar-refractivity contribution is 6.06. The highest BCUT2D eigenvalue weighted by Crippen LogP contribution is 2.54. The van der Waals surface area contributed by atoms with Crippen molar-refractivity contribution < 1.29 is 19.1 Å². The molecule has 0 atom stereocenters. The van der Waals surface area contributed by atoms with Gasteiger partial charge in [0.1, 0.15) is 6.61 Å². The minimum atomic E-state index is -0.386. The van der Waals surface area contributed by atoms with Crippen molar-refractivity contribution in [1.29, 1.82) is 0 Å². The fourth-order valence-corrected chi connectivity index (χ4v) is 6.55. The fraction of sp³-hybridized carbons (Fsp3) is 0.471. The number of benzene rings is 2. The lowest BCUT2D eigenvalue weighted by Crippen LogP contribution is -2.43. The number of aryl methyl sites for hydroxylation is 1. The average molecular weight is 528 g/mol. The summed E-state index contributed by atoms with van der Waals surface area (Å²) < 4.78 is 12.3. The highest BCUT2D eigenvalue weighted by atomic mass is 16.5. The first-order chi connectivity index (χ1) is 18.4. The summed E-state index contributed by atoms with van der Waals surface area (Å²) in [7, 11) is 2.04. The molecule has 206 valence electrons. The molecule has 0 bridgehead atoms. The minimum absolute atomic E-state index is 0.120. The number of carbonyl (C=O) groups is 2.